The van der Waals surface area contributed by atoms with Crippen molar-refractivity contribution in [3.05, 3.63) is 55.2 Å². The average Bonchev–Trinajstić information content (AvgIpc) is 2.69. The third kappa shape index (κ3) is 2.75. The molecular weight excluding hydrogens is 313 g/mol. The number of aryl methyl sites for hydroxylation is 1. The van der Waals surface area contributed by atoms with Crippen molar-refractivity contribution in [1.82, 2.24) is 5.43 Å². The first-order valence-corrected chi connectivity index (χ1v) is 6.88. The highest BCUT2D eigenvalue weighted by molar-refractivity contribution is 7.20. The van der Waals surface area contributed by atoms with Crippen LogP contribution in [0, 0.1) is 18.6 Å². The van der Waals surface area contributed by atoms with Crippen molar-refractivity contribution in [2.75, 3.05) is 0 Å². The molecule has 2 rings (SSSR count). The minimum atomic E-state index is -0.892. The van der Waals surface area contributed by atoms with E-state index < -0.39 is 17.7 Å². The lowest BCUT2D eigenvalue weighted by atomic mass is 9.98. The van der Waals surface area contributed by atoms with Gasteiger partial charge in [-0.2, -0.15) is 0 Å². The molecule has 0 saturated carbocycles. The Labute approximate surface area is 123 Å². The van der Waals surface area contributed by atoms with Gasteiger partial charge in [0.05, 0.1) is 14.7 Å². The van der Waals surface area contributed by atoms with Crippen molar-refractivity contribution < 1.29 is 8.78 Å². The Balaban J connectivity index is 2.61. The molecular formula is C12H10Cl2F2N2S. The van der Waals surface area contributed by atoms with Crippen molar-refractivity contribution in [1.29, 1.82) is 0 Å². The second-order valence-corrected chi connectivity index (χ2v) is 6.26. The van der Waals surface area contributed by atoms with Crippen molar-refractivity contribution in [3.63, 3.8) is 0 Å². The van der Waals surface area contributed by atoms with Crippen molar-refractivity contribution in [3.8, 4) is 0 Å². The molecule has 0 fully saturated rings. The van der Waals surface area contributed by atoms with Gasteiger partial charge >= 0.3 is 0 Å². The average molecular weight is 323 g/mol. The van der Waals surface area contributed by atoms with Crippen LogP contribution in [-0.2, 0) is 0 Å². The van der Waals surface area contributed by atoms with Crippen LogP contribution in [0.3, 0.4) is 0 Å². The summed E-state index contributed by atoms with van der Waals surface area (Å²) in [6.07, 6.45) is 0. The summed E-state index contributed by atoms with van der Waals surface area (Å²) in [6, 6.07) is 3.21. The van der Waals surface area contributed by atoms with Crippen LogP contribution in [0.1, 0.15) is 22.7 Å². The fourth-order valence-electron chi connectivity index (χ4n) is 1.82. The first-order valence-electron chi connectivity index (χ1n) is 5.31. The Morgan fingerprint density at radius 2 is 2.00 bits per heavy atom. The van der Waals surface area contributed by atoms with Gasteiger partial charge in [-0.15, -0.1) is 11.3 Å². The summed E-state index contributed by atoms with van der Waals surface area (Å²) in [5.41, 5.74) is 2.99. The lowest BCUT2D eigenvalue weighted by Gasteiger charge is -2.18. The smallest absolute Gasteiger partial charge is 0.134 e. The minimum Gasteiger partial charge on any atom is -0.271 e. The molecule has 1 aromatic carbocycles. The normalized spacial score (nSPS) is 12.7. The number of hydrazine groups is 1. The Morgan fingerprint density at radius 1 is 1.32 bits per heavy atom. The van der Waals surface area contributed by atoms with Gasteiger partial charge in [-0.3, -0.25) is 5.84 Å². The maximum absolute atomic E-state index is 14.1. The molecule has 1 unspecified atom stereocenters. The molecule has 102 valence electrons. The number of benzene rings is 1. The Hall–Kier alpha value is -0.720. The van der Waals surface area contributed by atoms with E-state index >= 15 is 0 Å². The number of hydrogen-bond acceptors (Lipinski definition) is 3. The van der Waals surface area contributed by atoms with Crippen LogP contribution in [0.25, 0.3) is 0 Å². The van der Waals surface area contributed by atoms with Gasteiger partial charge in [0, 0.05) is 11.1 Å². The fraction of sp³-hybridized carbons (Fsp3) is 0.167. The molecule has 0 bridgehead atoms. The summed E-state index contributed by atoms with van der Waals surface area (Å²) in [7, 11) is 0. The molecule has 1 heterocycles. The van der Waals surface area contributed by atoms with Crippen LogP contribution in [0.15, 0.2) is 18.2 Å². The number of thiophene rings is 1. The number of nitrogens with two attached hydrogens (primary N) is 1. The molecule has 3 N–H and O–H groups in total. The summed E-state index contributed by atoms with van der Waals surface area (Å²) in [5, 5.41) is 0. The zero-order chi connectivity index (χ0) is 14.2. The van der Waals surface area contributed by atoms with E-state index in [4.69, 9.17) is 29.0 Å². The second-order valence-electron chi connectivity index (χ2n) is 3.97. The zero-order valence-corrected chi connectivity index (χ0v) is 12.1. The van der Waals surface area contributed by atoms with Gasteiger partial charge in [0.15, 0.2) is 0 Å². The molecule has 7 heteroatoms. The number of hydrogen-bond donors (Lipinski definition) is 2. The summed E-state index contributed by atoms with van der Waals surface area (Å²) in [4.78, 5) is 0. The molecule has 0 amide bonds. The first kappa shape index (κ1) is 14.7. The SMILES string of the molecule is Cc1ccc(F)c(C(NN)c2cc(Cl)sc2Cl)c1F. The fourth-order valence-corrected chi connectivity index (χ4v) is 3.35. The number of halogens is 4. The van der Waals surface area contributed by atoms with E-state index in [-0.39, 0.29) is 5.56 Å². The number of nitrogens with one attached hydrogen (secondary N) is 1. The number of rotatable bonds is 3. The summed E-state index contributed by atoms with van der Waals surface area (Å²) in [6.45, 7) is 1.55. The van der Waals surface area contributed by atoms with E-state index in [1.807, 2.05) is 0 Å². The van der Waals surface area contributed by atoms with E-state index in [1.54, 1.807) is 13.0 Å². The maximum atomic E-state index is 14.1. The molecule has 0 radical (unpaired) electrons. The summed E-state index contributed by atoms with van der Waals surface area (Å²) >= 11 is 13.0. The lowest BCUT2D eigenvalue weighted by Crippen LogP contribution is -2.30. The van der Waals surface area contributed by atoms with Gasteiger partial charge in [0.1, 0.15) is 11.6 Å². The zero-order valence-electron chi connectivity index (χ0n) is 9.81. The van der Waals surface area contributed by atoms with Gasteiger partial charge < -0.3 is 0 Å². The standard InChI is InChI=1S/C12H10Cl2F2N2S/c1-5-2-3-7(15)9(10(5)16)11(18-17)6-4-8(13)19-12(6)14/h2-4,11,18H,17H2,1H3. The van der Waals surface area contributed by atoms with Crippen molar-refractivity contribution in [2.24, 2.45) is 5.84 Å². The summed E-state index contributed by atoms with van der Waals surface area (Å²) < 4.78 is 28.8. The topological polar surface area (TPSA) is 38.0 Å². The molecule has 0 aliphatic rings. The highest BCUT2D eigenvalue weighted by Crippen LogP contribution is 2.38. The van der Waals surface area contributed by atoms with E-state index in [0.29, 0.717) is 19.8 Å². The molecule has 0 aliphatic heterocycles. The van der Waals surface area contributed by atoms with Crippen LogP contribution in [0.2, 0.25) is 8.67 Å². The van der Waals surface area contributed by atoms with Crippen LogP contribution in [0.4, 0.5) is 8.78 Å². The molecule has 0 spiro atoms. The van der Waals surface area contributed by atoms with Gasteiger partial charge in [-0.25, -0.2) is 14.2 Å². The van der Waals surface area contributed by atoms with Crippen LogP contribution in [0.5, 0.6) is 0 Å². The van der Waals surface area contributed by atoms with Crippen LogP contribution in [-0.4, -0.2) is 0 Å². The molecule has 2 aromatic rings. The molecule has 2 nitrogen and oxygen atoms in total. The minimum absolute atomic E-state index is 0.168. The quantitative estimate of drug-likeness (QED) is 0.656. The monoisotopic (exact) mass is 322 g/mol. The highest BCUT2D eigenvalue weighted by atomic mass is 35.5. The first-order chi connectivity index (χ1) is 8.95. The van der Waals surface area contributed by atoms with E-state index in [0.717, 1.165) is 11.3 Å². The lowest BCUT2D eigenvalue weighted by molar-refractivity contribution is 0.507. The molecule has 0 saturated heterocycles. The molecule has 1 aromatic heterocycles. The third-order valence-electron chi connectivity index (χ3n) is 2.77. The second kappa shape index (κ2) is 5.73. The predicted octanol–water partition coefficient (Wildman–Crippen LogP) is 4.19. The molecule has 1 atom stereocenters. The van der Waals surface area contributed by atoms with E-state index in [9.17, 15) is 8.78 Å². The van der Waals surface area contributed by atoms with Gasteiger partial charge in [0.2, 0.25) is 0 Å². The highest BCUT2D eigenvalue weighted by Gasteiger charge is 2.25. The Morgan fingerprint density at radius 3 is 2.53 bits per heavy atom. The largest absolute Gasteiger partial charge is 0.271 e. The van der Waals surface area contributed by atoms with Crippen molar-refractivity contribution >= 4 is 34.5 Å². The predicted molar refractivity (Wildman–Crippen MR) is 74.6 cm³/mol. The van der Waals surface area contributed by atoms with E-state index in [1.165, 1.54) is 12.1 Å². The van der Waals surface area contributed by atoms with Gasteiger partial charge in [-0.05, 0) is 24.6 Å². The third-order valence-corrected chi connectivity index (χ3v) is 4.29. The van der Waals surface area contributed by atoms with Gasteiger partial charge in [-0.1, -0.05) is 29.3 Å². The molecule has 0 aliphatic carbocycles. The summed E-state index contributed by atoms with van der Waals surface area (Å²) in [5.74, 6) is 4.08. The van der Waals surface area contributed by atoms with Gasteiger partial charge in [0.25, 0.3) is 0 Å². The van der Waals surface area contributed by atoms with Crippen LogP contribution < -0.4 is 11.3 Å². The van der Waals surface area contributed by atoms with Crippen molar-refractivity contribution in [2.45, 2.75) is 13.0 Å². The molecule has 19 heavy (non-hydrogen) atoms. The Bertz CT molecular complexity index is 616. The van der Waals surface area contributed by atoms with E-state index in [2.05, 4.69) is 5.43 Å². The van der Waals surface area contributed by atoms with Crippen LogP contribution >= 0.6 is 34.5 Å². The Kier molecular flexibility index (Phi) is 4.43. The maximum Gasteiger partial charge on any atom is 0.134 e.